The van der Waals surface area contributed by atoms with Gasteiger partial charge >= 0.3 is 0 Å². The van der Waals surface area contributed by atoms with Crippen LogP contribution in [0.5, 0.6) is 0 Å². The van der Waals surface area contributed by atoms with E-state index in [4.69, 9.17) is 0 Å². The van der Waals surface area contributed by atoms with Crippen LogP contribution in [-0.2, 0) is 4.79 Å². The van der Waals surface area contributed by atoms with Gasteiger partial charge in [0, 0.05) is 19.1 Å². The second-order valence-electron chi connectivity index (χ2n) is 3.70. The SMILES string of the molecule is CCN1CCC(Nc2nnc(NC=O)s2)C1. The highest BCUT2D eigenvalue weighted by molar-refractivity contribution is 7.19. The molecular formula is C9H15N5OS. The van der Waals surface area contributed by atoms with Crippen molar-refractivity contribution in [2.45, 2.75) is 19.4 Å². The number of anilines is 2. The van der Waals surface area contributed by atoms with Crippen LogP contribution in [0.4, 0.5) is 10.3 Å². The maximum absolute atomic E-state index is 10.2. The third kappa shape index (κ3) is 2.67. The Morgan fingerprint density at radius 3 is 3.06 bits per heavy atom. The van der Waals surface area contributed by atoms with Gasteiger partial charge in [0.15, 0.2) is 0 Å². The van der Waals surface area contributed by atoms with Gasteiger partial charge in [0.05, 0.1) is 0 Å². The van der Waals surface area contributed by atoms with Crippen LogP contribution in [0.15, 0.2) is 0 Å². The van der Waals surface area contributed by atoms with Gasteiger partial charge in [0.25, 0.3) is 0 Å². The van der Waals surface area contributed by atoms with E-state index in [0.29, 0.717) is 17.6 Å². The fourth-order valence-electron chi connectivity index (χ4n) is 1.80. The lowest BCUT2D eigenvalue weighted by atomic mass is 10.3. The normalized spacial score (nSPS) is 20.9. The number of hydrogen-bond acceptors (Lipinski definition) is 6. The zero-order valence-electron chi connectivity index (χ0n) is 9.14. The Kier molecular flexibility index (Phi) is 3.68. The van der Waals surface area contributed by atoms with Gasteiger partial charge in [0.2, 0.25) is 16.7 Å². The molecule has 88 valence electrons. The highest BCUT2D eigenvalue weighted by atomic mass is 32.1. The van der Waals surface area contributed by atoms with E-state index >= 15 is 0 Å². The number of amides is 1. The van der Waals surface area contributed by atoms with Crippen molar-refractivity contribution in [3.05, 3.63) is 0 Å². The number of carbonyl (C=O) groups is 1. The topological polar surface area (TPSA) is 70.2 Å². The zero-order valence-corrected chi connectivity index (χ0v) is 9.96. The number of hydrogen-bond donors (Lipinski definition) is 2. The molecule has 1 atom stereocenters. The van der Waals surface area contributed by atoms with Crippen molar-refractivity contribution in [3.63, 3.8) is 0 Å². The van der Waals surface area contributed by atoms with E-state index in [9.17, 15) is 4.79 Å². The van der Waals surface area contributed by atoms with E-state index in [2.05, 4.69) is 32.7 Å². The molecule has 0 aromatic carbocycles. The fraction of sp³-hybridized carbons (Fsp3) is 0.667. The third-order valence-corrected chi connectivity index (χ3v) is 3.44. The Morgan fingerprint density at radius 1 is 1.56 bits per heavy atom. The summed E-state index contributed by atoms with van der Waals surface area (Å²) < 4.78 is 0. The maximum atomic E-state index is 10.2. The van der Waals surface area contributed by atoms with Crippen LogP contribution >= 0.6 is 11.3 Å². The van der Waals surface area contributed by atoms with Crippen molar-refractivity contribution in [2.24, 2.45) is 0 Å². The summed E-state index contributed by atoms with van der Waals surface area (Å²) in [6.07, 6.45) is 1.74. The molecule has 1 aliphatic heterocycles. The summed E-state index contributed by atoms with van der Waals surface area (Å²) in [5.74, 6) is 0. The Morgan fingerprint density at radius 2 is 2.38 bits per heavy atom. The number of aromatic nitrogens is 2. The van der Waals surface area contributed by atoms with Crippen molar-refractivity contribution in [2.75, 3.05) is 30.3 Å². The second-order valence-corrected chi connectivity index (χ2v) is 4.68. The molecule has 1 aromatic rings. The Bertz CT molecular complexity index is 355. The minimum absolute atomic E-state index is 0.442. The molecule has 16 heavy (non-hydrogen) atoms. The highest BCUT2D eigenvalue weighted by Crippen LogP contribution is 2.22. The first-order chi connectivity index (χ1) is 7.81. The molecule has 1 fully saturated rings. The van der Waals surface area contributed by atoms with Gasteiger partial charge in [-0.3, -0.25) is 4.79 Å². The van der Waals surface area contributed by atoms with Crippen molar-refractivity contribution in [1.82, 2.24) is 15.1 Å². The number of carbonyl (C=O) groups excluding carboxylic acids is 1. The molecular weight excluding hydrogens is 226 g/mol. The number of nitrogens with one attached hydrogen (secondary N) is 2. The first-order valence-electron chi connectivity index (χ1n) is 5.34. The van der Waals surface area contributed by atoms with Gasteiger partial charge in [0.1, 0.15) is 0 Å². The van der Waals surface area contributed by atoms with Gasteiger partial charge < -0.3 is 15.5 Å². The van der Waals surface area contributed by atoms with E-state index in [-0.39, 0.29) is 0 Å². The number of nitrogens with zero attached hydrogens (tertiary/aromatic N) is 3. The summed E-state index contributed by atoms with van der Waals surface area (Å²) >= 11 is 1.36. The lowest BCUT2D eigenvalue weighted by Crippen LogP contribution is -2.25. The van der Waals surface area contributed by atoms with E-state index < -0.39 is 0 Å². The summed E-state index contributed by atoms with van der Waals surface area (Å²) in [5.41, 5.74) is 0. The molecule has 0 saturated carbocycles. The van der Waals surface area contributed by atoms with E-state index in [1.165, 1.54) is 11.3 Å². The van der Waals surface area contributed by atoms with Crippen LogP contribution in [0.2, 0.25) is 0 Å². The summed E-state index contributed by atoms with van der Waals surface area (Å²) in [7, 11) is 0. The largest absolute Gasteiger partial charge is 0.356 e. The molecule has 7 heteroatoms. The fourth-order valence-corrected chi connectivity index (χ4v) is 2.48. The number of likely N-dealkylation sites (tertiary alicyclic amines) is 1. The molecule has 1 saturated heterocycles. The third-order valence-electron chi connectivity index (χ3n) is 2.65. The van der Waals surface area contributed by atoms with Gasteiger partial charge in [-0.05, 0) is 13.0 Å². The van der Waals surface area contributed by atoms with Crippen molar-refractivity contribution < 1.29 is 4.79 Å². The summed E-state index contributed by atoms with van der Waals surface area (Å²) in [5, 5.41) is 14.9. The van der Waals surface area contributed by atoms with Crippen LogP contribution < -0.4 is 10.6 Å². The van der Waals surface area contributed by atoms with Crippen LogP contribution in [0.25, 0.3) is 0 Å². The molecule has 0 aliphatic carbocycles. The summed E-state index contributed by atoms with van der Waals surface area (Å²) in [4.78, 5) is 12.6. The van der Waals surface area contributed by atoms with Crippen molar-refractivity contribution >= 4 is 28.0 Å². The zero-order chi connectivity index (χ0) is 11.4. The molecule has 1 aromatic heterocycles. The van der Waals surface area contributed by atoms with Crippen LogP contribution in [0, 0.1) is 0 Å². The van der Waals surface area contributed by atoms with Crippen molar-refractivity contribution in [3.8, 4) is 0 Å². The van der Waals surface area contributed by atoms with E-state index in [0.717, 1.165) is 31.2 Å². The van der Waals surface area contributed by atoms with Gasteiger partial charge in [-0.15, -0.1) is 10.2 Å². The number of likely N-dealkylation sites (N-methyl/N-ethyl adjacent to an activating group) is 1. The Balaban J connectivity index is 1.86. The molecule has 6 nitrogen and oxygen atoms in total. The average molecular weight is 241 g/mol. The highest BCUT2D eigenvalue weighted by Gasteiger charge is 2.21. The van der Waals surface area contributed by atoms with Gasteiger partial charge in [-0.2, -0.15) is 0 Å². The second kappa shape index (κ2) is 5.22. The van der Waals surface area contributed by atoms with Crippen LogP contribution in [0.1, 0.15) is 13.3 Å². The molecule has 2 N–H and O–H groups in total. The molecule has 1 amide bonds. The molecule has 2 heterocycles. The minimum Gasteiger partial charge on any atom is -0.356 e. The minimum atomic E-state index is 0.442. The lowest BCUT2D eigenvalue weighted by Gasteiger charge is -2.13. The molecule has 0 radical (unpaired) electrons. The standard InChI is InChI=1S/C9H15N5OS/c1-2-14-4-3-7(5-14)11-9-13-12-8(16-9)10-6-15/h6-7H,2-5H2,1H3,(H,11,13)(H,10,12,15). The first kappa shape index (κ1) is 11.3. The lowest BCUT2D eigenvalue weighted by molar-refractivity contribution is -0.105. The van der Waals surface area contributed by atoms with Crippen LogP contribution in [-0.4, -0.2) is 47.2 Å². The molecule has 0 bridgehead atoms. The smallest absolute Gasteiger partial charge is 0.213 e. The first-order valence-corrected chi connectivity index (χ1v) is 6.16. The maximum Gasteiger partial charge on any atom is 0.213 e. The average Bonchev–Trinajstić information content (AvgIpc) is 2.89. The molecule has 1 aliphatic rings. The van der Waals surface area contributed by atoms with Gasteiger partial charge in [-0.25, -0.2) is 0 Å². The predicted octanol–water partition coefficient (Wildman–Crippen LogP) is 0.612. The quantitative estimate of drug-likeness (QED) is 0.739. The van der Waals surface area contributed by atoms with E-state index in [1.807, 2.05) is 0 Å². The Labute approximate surface area is 98.0 Å². The number of rotatable bonds is 5. The summed E-state index contributed by atoms with van der Waals surface area (Å²) in [6.45, 7) is 5.44. The van der Waals surface area contributed by atoms with E-state index in [1.54, 1.807) is 0 Å². The van der Waals surface area contributed by atoms with Crippen molar-refractivity contribution in [1.29, 1.82) is 0 Å². The van der Waals surface area contributed by atoms with Gasteiger partial charge in [-0.1, -0.05) is 18.3 Å². The molecule has 1 unspecified atom stereocenters. The van der Waals surface area contributed by atoms with Crippen LogP contribution in [0.3, 0.4) is 0 Å². The Hall–Kier alpha value is -1.21. The molecule has 2 rings (SSSR count). The molecule has 0 spiro atoms. The summed E-state index contributed by atoms with van der Waals surface area (Å²) in [6, 6.07) is 0.442. The predicted molar refractivity (Wildman–Crippen MR) is 63.7 cm³/mol. The monoisotopic (exact) mass is 241 g/mol.